The lowest BCUT2D eigenvalue weighted by Crippen LogP contribution is -2.53. The maximum Gasteiger partial charge on any atom is 0.257 e. The quantitative estimate of drug-likeness (QED) is 0.651. The van der Waals surface area contributed by atoms with Crippen molar-refractivity contribution in [2.24, 2.45) is 11.7 Å². The maximum absolute atomic E-state index is 13.1. The van der Waals surface area contributed by atoms with Crippen molar-refractivity contribution in [1.82, 2.24) is 10.2 Å². The average molecular weight is 353 g/mol. The second-order valence-electron chi connectivity index (χ2n) is 6.75. The number of carbonyl (C=O) groups is 3. The number of hydrogen-bond acceptors (Lipinski definition) is 5. The Balaban J connectivity index is 3.06. The summed E-state index contributed by atoms with van der Waals surface area (Å²) in [4.78, 5) is 38.5. The molecule has 0 radical (unpaired) electrons. The predicted octanol–water partition coefficient (Wildman–Crippen LogP) is 1.32. The molecule has 1 aliphatic rings. The third kappa shape index (κ3) is 5.56. The fraction of sp³-hybridized carbons (Fsp3) is 0.722. The van der Waals surface area contributed by atoms with Crippen LogP contribution in [0.1, 0.15) is 53.4 Å². The highest BCUT2D eigenvalue weighted by Gasteiger charge is 2.41. The first-order valence-corrected chi connectivity index (χ1v) is 8.92. The van der Waals surface area contributed by atoms with Crippen molar-refractivity contribution in [2.45, 2.75) is 71.5 Å². The Morgan fingerprint density at radius 3 is 2.48 bits per heavy atom. The molecule has 25 heavy (non-hydrogen) atoms. The van der Waals surface area contributed by atoms with E-state index in [4.69, 9.17) is 10.5 Å². The zero-order chi connectivity index (χ0) is 19.1. The van der Waals surface area contributed by atoms with E-state index in [-0.39, 0.29) is 24.3 Å². The molecule has 0 bridgehead atoms. The number of amides is 3. The average Bonchev–Trinajstić information content (AvgIpc) is 2.87. The molecular weight excluding hydrogens is 322 g/mol. The minimum Gasteiger partial charge on any atom is -0.499 e. The fourth-order valence-corrected chi connectivity index (χ4v) is 2.85. The largest absolute Gasteiger partial charge is 0.499 e. The Bertz CT molecular complexity index is 530. The summed E-state index contributed by atoms with van der Waals surface area (Å²) in [5.41, 5.74) is 5.88. The second-order valence-corrected chi connectivity index (χ2v) is 6.75. The molecule has 0 saturated heterocycles. The van der Waals surface area contributed by atoms with Gasteiger partial charge in [-0.1, -0.05) is 27.2 Å². The summed E-state index contributed by atoms with van der Waals surface area (Å²) in [6.45, 7) is 7.58. The molecule has 1 aliphatic heterocycles. The lowest BCUT2D eigenvalue weighted by atomic mass is 9.97. The molecular formula is C18H31N3O4. The highest BCUT2D eigenvalue weighted by molar-refractivity contribution is 6.06. The summed E-state index contributed by atoms with van der Waals surface area (Å²) < 4.78 is 5.26. The van der Waals surface area contributed by atoms with Crippen LogP contribution in [0.15, 0.2) is 11.8 Å². The van der Waals surface area contributed by atoms with Gasteiger partial charge in [0.2, 0.25) is 5.91 Å². The van der Waals surface area contributed by atoms with Crippen molar-refractivity contribution in [2.75, 3.05) is 7.11 Å². The third-order valence-electron chi connectivity index (χ3n) is 4.50. The van der Waals surface area contributed by atoms with E-state index >= 15 is 0 Å². The van der Waals surface area contributed by atoms with E-state index in [9.17, 15) is 14.4 Å². The fourth-order valence-electron chi connectivity index (χ4n) is 2.85. The molecule has 0 spiro atoms. The Morgan fingerprint density at radius 2 is 2.00 bits per heavy atom. The zero-order valence-electron chi connectivity index (χ0n) is 15.9. The van der Waals surface area contributed by atoms with E-state index < -0.39 is 23.9 Å². The number of imide groups is 1. The molecule has 7 nitrogen and oxygen atoms in total. The van der Waals surface area contributed by atoms with Crippen LogP contribution in [0.3, 0.4) is 0 Å². The van der Waals surface area contributed by atoms with E-state index in [2.05, 4.69) is 5.32 Å². The van der Waals surface area contributed by atoms with Gasteiger partial charge in [-0.25, -0.2) is 0 Å². The smallest absolute Gasteiger partial charge is 0.257 e. The van der Waals surface area contributed by atoms with Gasteiger partial charge in [-0.05, 0) is 25.7 Å². The van der Waals surface area contributed by atoms with Gasteiger partial charge in [0, 0.05) is 18.5 Å². The van der Waals surface area contributed by atoms with Gasteiger partial charge >= 0.3 is 0 Å². The minimum absolute atomic E-state index is 0.206. The summed E-state index contributed by atoms with van der Waals surface area (Å²) in [5.74, 6) is -0.365. The van der Waals surface area contributed by atoms with Gasteiger partial charge in [0.05, 0.1) is 13.2 Å². The first-order valence-electron chi connectivity index (χ1n) is 8.92. The monoisotopic (exact) mass is 353 g/mol. The van der Waals surface area contributed by atoms with E-state index in [0.717, 1.165) is 6.42 Å². The summed E-state index contributed by atoms with van der Waals surface area (Å²) in [6.07, 6.45) is 3.38. The van der Waals surface area contributed by atoms with Crippen LogP contribution >= 0.6 is 0 Å². The normalized spacial score (nSPS) is 20.7. The molecule has 0 aromatic rings. The Hall–Kier alpha value is -1.89. The third-order valence-corrected chi connectivity index (χ3v) is 4.50. The van der Waals surface area contributed by atoms with Crippen molar-refractivity contribution in [3.8, 4) is 0 Å². The summed E-state index contributed by atoms with van der Waals surface area (Å²) >= 11 is 0. The number of carbonyl (C=O) groups excluding carboxylic acids is 3. The van der Waals surface area contributed by atoms with Gasteiger partial charge in [0.15, 0.2) is 0 Å². The van der Waals surface area contributed by atoms with Crippen LogP contribution in [-0.4, -0.2) is 47.9 Å². The molecule has 4 atom stereocenters. The van der Waals surface area contributed by atoms with E-state index in [1.54, 1.807) is 6.92 Å². The summed E-state index contributed by atoms with van der Waals surface area (Å²) in [6, 6.07) is -1.46. The Labute approximate surface area is 149 Å². The molecule has 0 aromatic heterocycles. The summed E-state index contributed by atoms with van der Waals surface area (Å²) in [5, 5.41) is 2.76. The SMILES string of the molecule is CCC(=O)NC(CC(C)CC)C(=O)N1C(=O)C=C(OC)C1CC(C)N. The highest BCUT2D eigenvalue weighted by Crippen LogP contribution is 2.26. The molecule has 3 N–H and O–H groups in total. The molecule has 4 unspecified atom stereocenters. The van der Waals surface area contributed by atoms with Crippen molar-refractivity contribution in [1.29, 1.82) is 0 Å². The predicted molar refractivity (Wildman–Crippen MR) is 95.3 cm³/mol. The van der Waals surface area contributed by atoms with E-state index in [0.29, 0.717) is 18.6 Å². The number of nitrogens with zero attached hydrogens (tertiary/aromatic N) is 1. The van der Waals surface area contributed by atoms with Crippen LogP contribution < -0.4 is 11.1 Å². The van der Waals surface area contributed by atoms with Gasteiger partial charge in [-0.2, -0.15) is 0 Å². The summed E-state index contributed by atoms with van der Waals surface area (Å²) in [7, 11) is 1.47. The van der Waals surface area contributed by atoms with Crippen molar-refractivity contribution >= 4 is 17.7 Å². The molecule has 1 heterocycles. The number of ether oxygens (including phenoxy) is 1. The molecule has 7 heteroatoms. The standard InChI is InChI=1S/C18H31N3O4/c1-6-11(3)8-13(20-16(22)7-2)18(24)21-14(9-12(4)19)15(25-5)10-17(21)23/h10-14H,6-9,19H2,1-5H3,(H,20,22). The van der Waals surface area contributed by atoms with Gasteiger partial charge < -0.3 is 15.8 Å². The van der Waals surface area contributed by atoms with Crippen molar-refractivity contribution < 1.29 is 19.1 Å². The van der Waals surface area contributed by atoms with Gasteiger partial charge in [0.1, 0.15) is 11.8 Å². The lowest BCUT2D eigenvalue weighted by molar-refractivity contribution is -0.146. The number of rotatable bonds is 9. The van der Waals surface area contributed by atoms with Gasteiger partial charge in [0.25, 0.3) is 11.8 Å². The molecule has 3 amide bonds. The van der Waals surface area contributed by atoms with Crippen molar-refractivity contribution in [3.05, 3.63) is 11.8 Å². The molecule has 0 aromatic carbocycles. The first-order chi connectivity index (χ1) is 11.7. The Morgan fingerprint density at radius 1 is 1.36 bits per heavy atom. The number of hydrogen-bond donors (Lipinski definition) is 2. The highest BCUT2D eigenvalue weighted by atomic mass is 16.5. The van der Waals surface area contributed by atoms with Crippen LogP contribution in [0, 0.1) is 5.92 Å². The van der Waals surface area contributed by atoms with E-state index in [1.165, 1.54) is 18.1 Å². The topological polar surface area (TPSA) is 102 Å². The molecule has 0 fully saturated rings. The molecule has 142 valence electrons. The molecule has 0 aliphatic carbocycles. The van der Waals surface area contributed by atoms with Crippen LogP contribution in [0.4, 0.5) is 0 Å². The number of methoxy groups -OCH3 is 1. The van der Waals surface area contributed by atoms with Crippen LogP contribution in [0.5, 0.6) is 0 Å². The minimum atomic E-state index is -0.730. The lowest BCUT2D eigenvalue weighted by Gasteiger charge is -2.30. The van der Waals surface area contributed by atoms with E-state index in [1.807, 2.05) is 20.8 Å². The number of nitrogens with one attached hydrogen (secondary N) is 1. The Kier molecular flexibility index (Phi) is 8.09. The van der Waals surface area contributed by atoms with Crippen LogP contribution in [0.25, 0.3) is 0 Å². The van der Waals surface area contributed by atoms with Gasteiger partial charge in [-0.15, -0.1) is 0 Å². The van der Waals surface area contributed by atoms with Crippen LogP contribution in [-0.2, 0) is 19.1 Å². The first kappa shape index (κ1) is 21.2. The maximum atomic E-state index is 13.1. The second kappa shape index (κ2) is 9.56. The van der Waals surface area contributed by atoms with Crippen LogP contribution in [0.2, 0.25) is 0 Å². The zero-order valence-corrected chi connectivity index (χ0v) is 15.9. The van der Waals surface area contributed by atoms with Crippen molar-refractivity contribution in [3.63, 3.8) is 0 Å². The molecule has 0 saturated carbocycles. The number of nitrogens with two attached hydrogens (primary N) is 1. The molecule has 1 rings (SSSR count). The van der Waals surface area contributed by atoms with Gasteiger partial charge in [-0.3, -0.25) is 19.3 Å².